The molecular weight excluding hydrogens is 267 g/mol. The first-order valence-electron chi connectivity index (χ1n) is 0.655. The van der Waals surface area contributed by atoms with Crippen molar-refractivity contribution in [1.29, 1.82) is 0 Å². The molecule has 4 heavy (non-hydrogen) atoms. The Bertz CT molecular complexity index is 8.00. The third-order valence-electron chi connectivity index (χ3n) is 0. The van der Waals surface area contributed by atoms with Crippen molar-refractivity contribution in [3.05, 3.63) is 0 Å². The molecule has 0 heterocycles. The minimum atomic E-state index is -0.701. The molecule has 0 fully saturated rings. The van der Waals surface area contributed by atoms with Gasteiger partial charge >= 0.3 is 0 Å². The lowest BCUT2D eigenvalue weighted by Gasteiger charge is -1.85. The lowest BCUT2D eigenvalue weighted by Crippen LogP contribution is -1.60. The van der Waals surface area contributed by atoms with Crippen molar-refractivity contribution in [3.8, 4) is 0 Å². The van der Waals surface area contributed by atoms with Crippen molar-refractivity contribution < 1.29 is 0 Å². The van der Waals surface area contributed by atoms with E-state index in [0.717, 1.165) is 0 Å². The van der Waals surface area contributed by atoms with Gasteiger partial charge in [-0.3, -0.25) is 0 Å². The first-order chi connectivity index (χ1) is 1.73. The standard InChI is InChI=1S/Al.3BrH/h;3*1H/q+2;;;/p-3. The van der Waals surface area contributed by atoms with Crippen LogP contribution in [0, 0.1) is 0 Å². The van der Waals surface area contributed by atoms with Gasteiger partial charge in [0.25, 0.3) is 0 Å². The summed E-state index contributed by atoms with van der Waals surface area (Å²) in [4.78, 5) is 0. The zero-order valence-electron chi connectivity index (χ0n) is 1.71. The molecule has 1 radical (unpaired) electrons. The van der Waals surface area contributed by atoms with Crippen molar-refractivity contribution in [1.82, 2.24) is 0 Å². The van der Waals surface area contributed by atoms with E-state index in [1.165, 1.54) is 0 Å². The molecule has 0 N–H and O–H groups in total. The van der Waals surface area contributed by atoms with Gasteiger partial charge < -0.3 is 42.2 Å². The molecule has 0 aliphatic heterocycles. The Hall–Kier alpha value is 1.97. The van der Waals surface area contributed by atoms with E-state index in [1.807, 2.05) is 0 Å². The van der Waals surface area contributed by atoms with Crippen LogP contribution in [0.25, 0.3) is 0 Å². The lowest BCUT2D eigenvalue weighted by atomic mass is 26.9. The highest BCUT2D eigenvalue weighted by Gasteiger charge is 1.68. The normalized spacial score (nSPS) is 9.00. The summed E-state index contributed by atoms with van der Waals surface area (Å²) in [5.41, 5.74) is 0. The first kappa shape index (κ1) is 5.97. The third-order valence-corrected chi connectivity index (χ3v) is 0. The van der Waals surface area contributed by atoms with Gasteiger partial charge in [-0.25, -0.2) is 0 Å². The topological polar surface area (TPSA) is 0 Å². The van der Waals surface area contributed by atoms with Gasteiger partial charge in [0.2, 0.25) is 8.67 Å². The van der Waals surface area contributed by atoms with Crippen LogP contribution < -0.4 is 0 Å². The van der Waals surface area contributed by atoms with E-state index in [0.29, 0.717) is 0 Å². The predicted octanol–water partition coefficient (Wildman–Crippen LogP) is 2.16. The van der Waals surface area contributed by atoms with E-state index in [9.17, 15) is 0 Å². The Morgan fingerprint density at radius 3 is 1.00 bits per heavy atom. The Labute approximate surface area is 50.3 Å². The van der Waals surface area contributed by atoms with Crippen LogP contribution in [-0.2, 0) is 0 Å². The van der Waals surface area contributed by atoms with Gasteiger partial charge in [0, 0.05) is 0 Å². The van der Waals surface area contributed by atoms with Crippen molar-refractivity contribution in [2.24, 2.45) is 0 Å². The molecule has 0 nitrogen and oxygen atoms in total. The fourth-order valence-corrected chi connectivity index (χ4v) is 0. The van der Waals surface area contributed by atoms with Gasteiger partial charge in [-0.05, 0) is 0 Å². The number of halogens is 3. The Morgan fingerprint density at radius 2 is 1.00 bits per heavy atom. The van der Waals surface area contributed by atoms with Crippen LogP contribution in [0.1, 0.15) is 0 Å². The van der Waals surface area contributed by atoms with Crippen LogP contribution in [0.5, 0.6) is 0 Å². The second-order valence-electron chi connectivity index (χ2n) is 0.247. The van der Waals surface area contributed by atoms with E-state index in [4.69, 9.17) is 0 Å². The lowest BCUT2D eigenvalue weighted by molar-refractivity contribution is 4.99. The summed E-state index contributed by atoms with van der Waals surface area (Å²) in [6, 6.07) is 0. The number of rotatable bonds is 0. The summed E-state index contributed by atoms with van der Waals surface area (Å²) in [7, 11) is -0.701. The maximum absolute atomic E-state index is 3.24. The monoisotopic (exact) mass is 264 g/mol. The first-order valence-corrected chi connectivity index (χ1v) is 10.2. The van der Waals surface area contributed by atoms with Gasteiger partial charge in [-0.1, -0.05) is 0 Å². The minimum Gasteiger partial charge on any atom is -0.413 e. The van der Waals surface area contributed by atoms with E-state index in [1.54, 1.807) is 0 Å². The molecule has 0 aromatic heterocycles. The molecule has 25 valence electrons. The Morgan fingerprint density at radius 1 is 1.00 bits per heavy atom. The largest absolute Gasteiger partial charge is 0.413 e. The zero-order chi connectivity index (χ0) is 3.58. The van der Waals surface area contributed by atoms with Crippen LogP contribution in [0.4, 0.5) is 0 Å². The van der Waals surface area contributed by atoms with Gasteiger partial charge in [0.05, 0.1) is 0 Å². The van der Waals surface area contributed by atoms with Gasteiger partial charge in [0.1, 0.15) is 0 Å². The average Bonchev–Trinajstić information content (AvgIpc) is 0.811. The summed E-state index contributed by atoms with van der Waals surface area (Å²) in [5.74, 6) is 0. The Kier molecular flexibility index (Phi) is 4.74. The third kappa shape index (κ3) is 9.02. The maximum atomic E-state index is 3.24. The van der Waals surface area contributed by atoms with Crippen LogP contribution in [0.3, 0.4) is 0 Å². The molecule has 4 heteroatoms. The van der Waals surface area contributed by atoms with Crippen LogP contribution in [0.2, 0.25) is 0 Å². The van der Waals surface area contributed by atoms with Gasteiger partial charge in [-0.15, -0.1) is 0 Å². The quantitative estimate of drug-likeness (QED) is 0.590. The van der Waals surface area contributed by atoms with Crippen LogP contribution in [0.15, 0.2) is 0 Å². The molecule has 0 rings (SSSR count). The van der Waals surface area contributed by atoms with Crippen molar-refractivity contribution >= 4 is 50.8 Å². The molecule has 0 bridgehead atoms. The summed E-state index contributed by atoms with van der Waals surface area (Å²) in [5, 5.41) is 0. The molecule has 0 aromatic rings. The average molecular weight is 267 g/mol. The van der Waals surface area contributed by atoms with Crippen molar-refractivity contribution in [2.45, 2.75) is 0 Å². The fourth-order valence-electron chi connectivity index (χ4n) is 0. The SMILES string of the molecule is [Br][Al-]([Br])[Br]. The molecule has 0 amide bonds. The molecule has 0 saturated heterocycles. The number of hydrogen-bond acceptors (Lipinski definition) is 0. The molecule has 0 aliphatic carbocycles. The van der Waals surface area contributed by atoms with E-state index < -0.39 is 8.67 Å². The highest BCUT2D eigenvalue weighted by Crippen LogP contribution is 2.07. The smallest absolute Gasteiger partial charge is 0.239 e. The second kappa shape index (κ2) is 3.17. The van der Waals surface area contributed by atoms with Crippen LogP contribution >= 0.6 is 42.2 Å². The van der Waals surface area contributed by atoms with Crippen molar-refractivity contribution in [3.63, 3.8) is 0 Å². The molecule has 0 aliphatic rings. The molecular formula is AlBr3-. The Balaban J connectivity index is 2.32. The zero-order valence-corrected chi connectivity index (χ0v) is 7.62. The summed E-state index contributed by atoms with van der Waals surface area (Å²) in [6.07, 6.45) is 0. The highest BCUT2D eigenvalue weighted by molar-refractivity contribution is 9.69. The van der Waals surface area contributed by atoms with Crippen LogP contribution in [-0.4, -0.2) is 8.67 Å². The van der Waals surface area contributed by atoms with E-state index >= 15 is 0 Å². The number of hydrogen-bond donors (Lipinski definition) is 0. The fraction of sp³-hybridized carbons (Fsp3) is 0. The molecule has 0 atom stereocenters. The molecule has 0 spiro atoms. The summed E-state index contributed by atoms with van der Waals surface area (Å²) < 4.78 is 0. The highest BCUT2D eigenvalue weighted by atomic mass is 80.0. The molecule has 0 unspecified atom stereocenters. The van der Waals surface area contributed by atoms with Crippen molar-refractivity contribution in [2.75, 3.05) is 0 Å². The summed E-state index contributed by atoms with van der Waals surface area (Å²) in [6.45, 7) is 0. The van der Waals surface area contributed by atoms with Gasteiger partial charge in [0.15, 0.2) is 0 Å². The van der Waals surface area contributed by atoms with E-state index in [-0.39, 0.29) is 0 Å². The molecule has 0 saturated carbocycles. The van der Waals surface area contributed by atoms with Gasteiger partial charge in [-0.2, -0.15) is 0 Å². The predicted molar refractivity (Wildman–Crippen MR) is 32.5 cm³/mol. The molecule has 0 aromatic carbocycles. The second-order valence-corrected chi connectivity index (χ2v) is 20.0. The minimum absolute atomic E-state index is 0.701. The summed E-state index contributed by atoms with van der Waals surface area (Å²) >= 11 is 9.73. The van der Waals surface area contributed by atoms with E-state index in [2.05, 4.69) is 42.2 Å². The maximum Gasteiger partial charge on any atom is 0.239 e.